The highest BCUT2D eigenvalue weighted by Gasteiger charge is 2.13. The SMILES string of the molecule is NCC(=O)c1ccc(C(=O)CCc2ccno2)s1. The standard InChI is InChI=1S/C12H12N2O3S/c13-7-10(16)12-4-3-11(18-12)9(15)2-1-8-5-6-14-17-8/h3-6H,1-2,7,13H2. The van der Waals surface area contributed by atoms with Crippen LogP contribution in [-0.4, -0.2) is 23.3 Å². The number of Topliss-reactive ketones (excluding diaryl/α,β-unsaturated/α-hetero) is 2. The number of hydrogen-bond acceptors (Lipinski definition) is 6. The highest BCUT2D eigenvalue weighted by atomic mass is 32.1. The molecule has 0 aliphatic rings. The molecule has 2 heterocycles. The quantitative estimate of drug-likeness (QED) is 0.802. The van der Waals surface area contributed by atoms with E-state index in [1.165, 1.54) is 11.3 Å². The van der Waals surface area contributed by atoms with Gasteiger partial charge in [-0.05, 0) is 12.1 Å². The van der Waals surface area contributed by atoms with Gasteiger partial charge in [0.05, 0.1) is 22.5 Å². The second-order valence-corrected chi connectivity index (χ2v) is 4.78. The van der Waals surface area contributed by atoms with E-state index in [-0.39, 0.29) is 18.1 Å². The van der Waals surface area contributed by atoms with Gasteiger partial charge in [0.15, 0.2) is 11.6 Å². The van der Waals surface area contributed by atoms with Crippen molar-refractivity contribution in [2.24, 2.45) is 5.73 Å². The number of carbonyl (C=O) groups is 2. The molecule has 18 heavy (non-hydrogen) atoms. The van der Waals surface area contributed by atoms with Gasteiger partial charge >= 0.3 is 0 Å². The van der Waals surface area contributed by atoms with E-state index in [0.29, 0.717) is 28.4 Å². The average molecular weight is 264 g/mol. The molecule has 0 aliphatic carbocycles. The first-order chi connectivity index (χ1) is 8.70. The predicted molar refractivity (Wildman–Crippen MR) is 66.9 cm³/mol. The van der Waals surface area contributed by atoms with Gasteiger partial charge in [-0.1, -0.05) is 5.16 Å². The molecule has 94 valence electrons. The molecule has 0 fully saturated rings. The third-order valence-electron chi connectivity index (χ3n) is 2.43. The van der Waals surface area contributed by atoms with Crippen LogP contribution in [-0.2, 0) is 6.42 Å². The Bertz CT molecular complexity index is 545. The summed E-state index contributed by atoms with van der Waals surface area (Å²) in [5, 5.41) is 3.57. The second-order valence-electron chi connectivity index (χ2n) is 3.69. The first kappa shape index (κ1) is 12.7. The highest BCUT2D eigenvalue weighted by Crippen LogP contribution is 2.19. The van der Waals surface area contributed by atoms with Crippen molar-refractivity contribution in [3.63, 3.8) is 0 Å². The van der Waals surface area contributed by atoms with Gasteiger partial charge in [-0.15, -0.1) is 11.3 Å². The van der Waals surface area contributed by atoms with E-state index in [9.17, 15) is 9.59 Å². The van der Waals surface area contributed by atoms with Crippen LogP contribution in [0.5, 0.6) is 0 Å². The van der Waals surface area contributed by atoms with Crippen molar-refractivity contribution in [1.82, 2.24) is 5.16 Å². The summed E-state index contributed by atoms with van der Waals surface area (Å²) in [6, 6.07) is 5.03. The summed E-state index contributed by atoms with van der Waals surface area (Å²) in [5.74, 6) is 0.528. The van der Waals surface area contributed by atoms with Gasteiger partial charge in [-0.3, -0.25) is 9.59 Å². The number of nitrogens with zero attached hydrogens (tertiary/aromatic N) is 1. The topological polar surface area (TPSA) is 86.2 Å². The summed E-state index contributed by atoms with van der Waals surface area (Å²) in [7, 11) is 0. The molecule has 0 spiro atoms. The Kier molecular flexibility index (Phi) is 4.01. The van der Waals surface area contributed by atoms with Crippen LogP contribution in [0.4, 0.5) is 0 Å². The molecule has 6 heteroatoms. The minimum atomic E-state index is -0.144. The maximum Gasteiger partial charge on any atom is 0.186 e. The summed E-state index contributed by atoms with van der Waals surface area (Å²) in [5.41, 5.74) is 5.27. The molecule has 2 rings (SSSR count). The summed E-state index contributed by atoms with van der Waals surface area (Å²) in [6.45, 7) is -0.0355. The maximum atomic E-state index is 11.9. The fourth-order valence-corrected chi connectivity index (χ4v) is 2.39. The van der Waals surface area contributed by atoms with Crippen molar-refractivity contribution >= 4 is 22.9 Å². The molecule has 0 radical (unpaired) electrons. The Morgan fingerprint density at radius 2 is 1.94 bits per heavy atom. The third kappa shape index (κ3) is 2.91. The summed E-state index contributed by atoms with van der Waals surface area (Å²) in [4.78, 5) is 24.3. The van der Waals surface area contributed by atoms with Gasteiger partial charge in [0.1, 0.15) is 5.76 Å². The Labute approximate surface area is 108 Å². The molecule has 0 atom stereocenters. The molecule has 5 nitrogen and oxygen atoms in total. The highest BCUT2D eigenvalue weighted by molar-refractivity contribution is 7.16. The number of thiophene rings is 1. The molecule has 2 aromatic heterocycles. The number of aromatic nitrogens is 1. The first-order valence-corrected chi connectivity index (χ1v) is 6.28. The molecule has 2 N–H and O–H groups in total. The Balaban J connectivity index is 1.96. The summed E-state index contributed by atoms with van der Waals surface area (Å²) >= 11 is 1.19. The Morgan fingerprint density at radius 3 is 2.56 bits per heavy atom. The van der Waals surface area contributed by atoms with E-state index in [1.807, 2.05) is 0 Å². The van der Waals surface area contributed by atoms with Gasteiger partial charge in [-0.2, -0.15) is 0 Å². The van der Waals surface area contributed by atoms with Gasteiger partial charge in [0, 0.05) is 18.9 Å². The van der Waals surface area contributed by atoms with Crippen LogP contribution in [0, 0.1) is 0 Å². The van der Waals surface area contributed by atoms with E-state index in [4.69, 9.17) is 10.3 Å². The molecule has 2 aromatic rings. The zero-order chi connectivity index (χ0) is 13.0. The molecule has 0 saturated carbocycles. The fraction of sp³-hybridized carbons (Fsp3) is 0.250. The fourth-order valence-electron chi connectivity index (χ4n) is 1.47. The molecular formula is C12H12N2O3S. The lowest BCUT2D eigenvalue weighted by atomic mass is 10.1. The monoisotopic (exact) mass is 264 g/mol. The smallest absolute Gasteiger partial charge is 0.186 e. The Hall–Kier alpha value is -1.79. The van der Waals surface area contributed by atoms with Crippen molar-refractivity contribution in [1.29, 1.82) is 0 Å². The Morgan fingerprint density at radius 1 is 1.22 bits per heavy atom. The molecule has 0 aliphatic heterocycles. The molecule has 0 unspecified atom stereocenters. The van der Waals surface area contributed by atoms with Crippen molar-refractivity contribution in [3.05, 3.63) is 39.9 Å². The van der Waals surface area contributed by atoms with E-state index in [2.05, 4.69) is 5.16 Å². The van der Waals surface area contributed by atoms with Gasteiger partial charge in [-0.25, -0.2) is 0 Å². The lowest BCUT2D eigenvalue weighted by Crippen LogP contribution is -2.11. The minimum Gasteiger partial charge on any atom is -0.361 e. The number of ketones is 2. The number of rotatable bonds is 6. The summed E-state index contributed by atoms with van der Waals surface area (Å²) in [6.07, 6.45) is 2.39. The molecule has 0 aromatic carbocycles. The van der Waals surface area contributed by atoms with E-state index < -0.39 is 0 Å². The average Bonchev–Trinajstić information content (AvgIpc) is 3.05. The van der Waals surface area contributed by atoms with Crippen molar-refractivity contribution < 1.29 is 14.1 Å². The molecular weight excluding hydrogens is 252 g/mol. The van der Waals surface area contributed by atoms with Gasteiger partial charge < -0.3 is 10.3 Å². The maximum absolute atomic E-state index is 11.9. The third-order valence-corrected chi connectivity index (χ3v) is 3.60. The van der Waals surface area contributed by atoms with Crippen molar-refractivity contribution in [3.8, 4) is 0 Å². The van der Waals surface area contributed by atoms with Crippen LogP contribution in [0.2, 0.25) is 0 Å². The van der Waals surface area contributed by atoms with Crippen molar-refractivity contribution in [2.45, 2.75) is 12.8 Å². The number of nitrogens with two attached hydrogens (primary N) is 1. The van der Waals surface area contributed by atoms with Gasteiger partial charge in [0.25, 0.3) is 0 Å². The molecule has 0 amide bonds. The second kappa shape index (κ2) is 5.70. The zero-order valence-electron chi connectivity index (χ0n) is 9.59. The van der Waals surface area contributed by atoms with E-state index in [1.54, 1.807) is 24.4 Å². The lowest BCUT2D eigenvalue weighted by molar-refractivity contribution is 0.0982. The minimum absolute atomic E-state index is 0.00697. The molecule has 0 saturated heterocycles. The first-order valence-electron chi connectivity index (χ1n) is 5.46. The van der Waals surface area contributed by atoms with Crippen LogP contribution in [0.15, 0.2) is 28.9 Å². The van der Waals surface area contributed by atoms with Gasteiger partial charge in [0.2, 0.25) is 0 Å². The van der Waals surface area contributed by atoms with E-state index >= 15 is 0 Å². The van der Waals surface area contributed by atoms with Crippen LogP contribution in [0.25, 0.3) is 0 Å². The van der Waals surface area contributed by atoms with Crippen LogP contribution < -0.4 is 5.73 Å². The predicted octanol–water partition coefficient (Wildman–Crippen LogP) is 1.69. The largest absolute Gasteiger partial charge is 0.361 e. The number of carbonyl (C=O) groups excluding carboxylic acids is 2. The van der Waals surface area contributed by atoms with E-state index in [0.717, 1.165) is 0 Å². The van der Waals surface area contributed by atoms with Crippen LogP contribution in [0.3, 0.4) is 0 Å². The lowest BCUT2D eigenvalue weighted by Gasteiger charge is -1.95. The molecule has 0 bridgehead atoms. The van der Waals surface area contributed by atoms with Crippen LogP contribution >= 0.6 is 11.3 Å². The zero-order valence-corrected chi connectivity index (χ0v) is 10.4. The number of hydrogen-bond donors (Lipinski definition) is 1. The van der Waals surface area contributed by atoms with Crippen molar-refractivity contribution in [2.75, 3.05) is 6.54 Å². The van der Waals surface area contributed by atoms with Crippen LogP contribution in [0.1, 0.15) is 31.5 Å². The summed E-state index contributed by atoms with van der Waals surface area (Å²) < 4.78 is 4.91. The number of aryl methyl sites for hydroxylation is 1. The normalized spacial score (nSPS) is 10.5.